The standard InChI is InChI=1S/C15H19NO4/c1-3-4-5-6-13(15(19)20-2)16-14(18)11-7-9-12(17)10-8-11/h3,7-10,13,17H,1,4-6H2,2H3,(H,16,18)/t13-/m1/s1. The molecule has 5 nitrogen and oxygen atoms in total. The third-order valence-electron chi connectivity index (χ3n) is 2.82. The van der Waals surface area contributed by atoms with Crippen LogP contribution in [0.3, 0.4) is 0 Å². The van der Waals surface area contributed by atoms with Gasteiger partial charge in [0, 0.05) is 5.56 Å². The number of aromatic hydroxyl groups is 1. The number of phenols is 1. The highest BCUT2D eigenvalue weighted by atomic mass is 16.5. The van der Waals surface area contributed by atoms with Crippen molar-refractivity contribution >= 4 is 11.9 Å². The lowest BCUT2D eigenvalue weighted by atomic mass is 10.1. The maximum atomic E-state index is 12.0. The first-order chi connectivity index (χ1) is 9.58. The number of carbonyl (C=O) groups excluding carboxylic acids is 2. The van der Waals surface area contributed by atoms with Crippen LogP contribution < -0.4 is 5.32 Å². The fourth-order valence-electron chi connectivity index (χ4n) is 1.71. The molecule has 0 bridgehead atoms. The number of methoxy groups -OCH3 is 1. The van der Waals surface area contributed by atoms with E-state index in [1.807, 2.05) is 0 Å². The molecule has 0 spiro atoms. The predicted octanol–water partition coefficient (Wildman–Crippen LogP) is 2.02. The van der Waals surface area contributed by atoms with Gasteiger partial charge < -0.3 is 15.2 Å². The molecule has 1 aromatic carbocycles. The maximum absolute atomic E-state index is 12.0. The summed E-state index contributed by atoms with van der Waals surface area (Å²) in [5.74, 6) is -0.766. The van der Waals surface area contributed by atoms with Crippen LogP contribution in [0.2, 0.25) is 0 Å². The first kappa shape index (κ1) is 15.8. The Kier molecular flexibility index (Phi) is 6.29. The summed E-state index contributed by atoms with van der Waals surface area (Å²) in [6, 6.07) is 5.13. The largest absolute Gasteiger partial charge is 0.508 e. The molecular weight excluding hydrogens is 258 g/mol. The zero-order valence-electron chi connectivity index (χ0n) is 11.5. The summed E-state index contributed by atoms with van der Waals surface area (Å²) in [4.78, 5) is 23.6. The average Bonchev–Trinajstić information content (AvgIpc) is 2.46. The lowest BCUT2D eigenvalue weighted by molar-refractivity contribution is -0.143. The normalized spacial score (nSPS) is 11.4. The van der Waals surface area contributed by atoms with Crippen molar-refractivity contribution in [3.8, 4) is 5.75 Å². The Morgan fingerprint density at radius 3 is 2.60 bits per heavy atom. The van der Waals surface area contributed by atoms with Gasteiger partial charge in [-0.1, -0.05) is 6.08 Å². The first-order valence-corrected chi connectivity index (χ1v) is 6.37. The van der Waals surface area contributed by atoms with Crippen molar-refractivity contribution in [3.05, 3.63) is 42.5 Å². The van der Waals surface area contributed by atoms with E-state index in [0.29, 0.717) is 12.0 Å². The molecule has 1 aromatic rings. The molecule has 0 saturated heterocycles. The summed E-state index contributed by atoms with van der Waals surface area (Å²) in [6.07, 6.45) is 3.75. The van der Waals surface area contributed by atoms with Crippen LogP contribution in [0.25, 0.3) is 0 Å². The molecule has 1 amide bonds. The third kappa shape index (κ3) is 4.76. The third-order valence-corrected chi connectivity index (χ3v) is 2.82. The molecule has 1 atom stereocenters. The van der Waals surface area contributed by atoms with Gasteiger partial charge in [-0.05, 0) is 43.5 Å². The number of hydrogen-bond donors (Lipinski definition) is 2. The van der Waals surface area contributed by atoms with Crippen LogP contribution in [0, 0.1) is 0 Å². The summed E-state index contributed by atoms with van der Waals surface area (Å²) in [5.41, 5.74) is 0.375. The summed E-state index contributed by atoms with van der Waals surface area (Å²) in [7, 11) is 1.29. The molecule has 0 heterocycles. The average molecular weight is 277 g/mol. The summed E-state index contributed by atoms with van der Waals surface area (Å²) in [5, 5.41) is 11.8. The number of hydrogen-bond acceptors (Lipinski definition) is 4. The monoisotopic (exact) mass is 277 g/mol. The highest BCUT2D eigenvalue weighted by Gasteiger charge is 2.21. The van der Waals surface area contributed by atoms with E-state index in [9.17, 15) is 14.7 Å². The van der Waals surface area contributed by atoms with E-state index in [-0.39, 0.29) is 11.7 Å². The van der Waals surface area contributed by atoms with E-state index >= 15 is 0 Å². The van der Waals surface area contributed by atoms with Crippen LogP contribution in [-0.4, -0.2) is 30.1 Å². The SMILES string of the molecule is C=CCCC[C@@H](NC(=O)c1ccc(O)cc1)C(=O)OC. The molecule has 108 valence electrons. The molecule has 0 aliphatic rings. The van der Waals surface area contributed by atoms with E-state index in [2.05, 4.69) is 16.6 Å². The first-order valence-electron chi connectivity index (χ1n) is 6.37. The van der Waals surface area contributed by atoms with Crippen molar-refractivity contribution in [2.24, 2.45) is 0 Å². The summed E-state index contributed by atoms with van der Waals surface area (Å²) < 4.78 is 4.68. The van der Waals surface area contributed by atoms with E-state index in [4.69, 9.17) is 0 Å². The lowest BCUT2D eigenvalue weighted by Gasteiger charge is -2.16. The zero-order valence-corrected chi connectivity index (χ0v) is 11.5. The smallest absolute Gasteiger partial charge is 0.328 e. The van der Waals surface area contributed by atoms with Crippen LogP contribution in [-0.2, 0) is 9.53 Å². The Balaban J connectivity index is 2.67. The Hall–Kier alpha value is -2.30. The second kappa shape index (κ2) is 7.99. The van der Waals surface area contributed by atoms with Crippen molar-refractivity contribution in [1.29, 1.82) is 0 Å². The molecule has 0 radical (unpaired) electrons. The molecule has 20 heavy (non-hydrogen) atoms. The second-order valence-corrected chi connectivity index (χ2v) is 4.32. The van der Waals surface area contributed by atoms with E-state index in [1.165, 1.54) is 31.4 Å². The van der Waals surface area contributed by atoms with Gasteiger partial charge in [0.15, 0.2) is 0 Å². The lowest BCUT2D eigenvalue weighted by Crippen LogP contribution is -2.41. The molecule has 0 saturated carbocycles. The van der Waals surface area contributed by atoms with Gasteiger partial charge in [-0.3, -0.25) is 4.79 Å². The van der Waals surface area contributed by atoms with Crippen LogP contribution in [0.4, 0.5) is 0 Å². The number of esters is 1. The minimum atomic E-state index is -0.679. The number of rotatable bonds is 7. The van der Waals surface area contributed by atoms with Gasteiger partial charge in [0.1, 0.15) is 11.8 Å². The van der Waals surface area contributed by atoms with E-state index in [0.717, 1.165) is 12.8 Å². The molecule has 1 rings (SSSR count). The zero-order chi connectivity index (χ0) is 15.0. The van der Waals surface area contributed by atoms with Crippen molar-refractivity contribution < 1.29 is 19.4 Å². The number of benzene rings is 1. The molecule has 0 aromatic heterocycles. The fourth-order valence-corrected chi connectivity index (χ4v) is 1.71. The molecular formula is C15H19NO4. The van der Waals surface area contributed by atoms with Gasteiger partial charge in [0.2, 0.25) is 0 Å². The molecule has 5 heteroatoms. The Morgan fingerprint density at radius 2 is 2.05 bits per heavy atom. The van der Waals surface area contributed by atoms with Gasteiger partial charge in [-0.25, -0.2) is 4.79 Å². The Bertz CT molecular complexity index is 467. The highest BCUT2D eigenvalue weighted by molar-refractivity contribution is 5.96. The van der Waals surface area contributed by atoms with Crippen LogP contribution >= 0.6 is 0 Å². The molecule has 0 aliphatic heterocycles. The van der Waals surface area contributed by atoms with Gasteiger partial charge in [-0.2, -0.15) is 0 Å². The van der Waals surface area contributed by atoms with E-state index < -0.39 is 12.0 Å². The minimum Gasteiger partial charge on any atom is -0.508 e. The fraction of sp³-hybridized carbons (Fsp3) is 0.333. The topological polar surface area (TPSA) is 75.6 Å². The number of allylic oxidation sites excluding steroid dienone is 1. The van der Waals surface area contributed by atoms with Crippen molar-refractivity contribution in [1.82, 2.24) is 5.32 Å². The van der Waals surface area contributed by atoms with Gasteiger partial charge in [0.05, 0.1) is 7.11 Å². The maximum Gasteiger partial charge on any atom is 0.328 e. The quantitative estimate of drug-likeness (QED) is 0.454. The molecule has 0 fully saturated rings. The second-order valence-electron chi connectivity index (χ2n) is 4.32. The van der Waals surface area contributed by atoms with Crippen LogP contribution in [0.5, 0.6) is 5.75 Å². The van der Waals surface area contributed by atoms with Crippen molar-refractivity contribution in [2.75, 3.05) is 7.11 Å². The number of unbranched alkanes of at least 4 members (excludes halogenated alkanes) is 1. The van der Waals surface area contributed by atoms with Crippen molar-refractivity contribution in [3.63, 3.8) is 0 Å². The van der Waals surface area contributed by atoms with Gasteiger partial charge in [-0.15, -0.1) is 6.58 Å². The van der Waals surface area contributed by atoms with Gasteiger partial charge in [0.25, 0.3) is 5.91 Å². The molecule has 0 aliphatic carbocycles. The van der Waals surface area contributed by atoms with Crippen LogP contribution in [0.15, 0.2) is 36.9 Å². The number of amides is 1. The number of nitrogens with one attached hydrogen (secondary N) is 1. The number of phenolic OH excluding ortho intramolecular Hbond substituents is 1. The number of ether oxygens (including phenoxy) is 1. The number of carbonyl (C=O) groups is 2. The minimum absolute atomic E-state index is 0.0806. The predicted molar refractivity (Wildman–Crippen MR) is 75.4 cm³/mol. The Labute approximate surface area is 118 Å². The Morgan fingerprint density at radius 1 is 1.40 bits per heavy atom. The molecule has 0 unspecified atom stereocenters. The van der Waals surface area contributed by atoms with Gasteiger partial charge >= 0.3 is 5.97 Å². The summed E-state index contributed by atoms with van der Waals surface area (Å²) >= 11 is 0. The highest BCUT2D eigenvalue weighted by Crippen LogP contribution is 2.10. The van der Waals surface area contributed by atoms with E-state index in [1.54, 1.807) is 6.08 Å². The molecule has 2 N–H and O–H groups in total. The van der Waals surface area contributed by atoms with Crippen LogP contribution in [0.1, 0.15) is 29.6 Å². The van der Waals surface area contributed by atoms with Crippen molar-refractivity contribution in [2.45, 2.75) is 25.3 Å². The summed E-state index contributed by atoms with van der Waals surface area (Å²) in [6.45, 7) is 3.61.